The van der Waals surface area contributed by atoms with E-state index < -0.39 is 0 Å². The van der Waals surface area contributed by atoms with E-state index in [-0.39, 0.29) is 24.1 Å². The Labute approximate surface area is 88.8 Å². The highest BCUT2D eigenvalue weighted by Crippen LogP contribution is 2.24. The van der Waals surface area contributed by atoms with Crippen LogP contribution in [0, 0.1) is 0 Å². The fraction of sp³-hybridized carbons (Fsp3) is 0.800. The minimum absolute atomic E-state index is 0.0304. The number of rotatable bonds is 1. The number of fused-ring (bicyclic) bond motifs is 4. The lowest BCUT2D eigenvalue weighted by atomic mass is 9.99. The van der Waals surface area contributed by atoms with Crippen molar-refractivity contribution < 1.29 is 14.3 Å². The van der Waals surface area contributed by atoms with Crippen molar-refractivity contribution in [3.63, 3.8) is 0 Å². The molecule has 3 fully saturated rings. The van der Waals surface area contributed by atoms with Crippen LogP contribution in [0.4, 0.5) is 4.79 Å². The van der Waals surface area contributed by atoms with Gasteiger partial charge in [0.05, 0.1) is 6.61 Å². The summed E-state index contributed by atoms with van der Waals surface area (Å²) in [4.78, 5) is 24.7. The molecule has 1 N–H and O–H groups in total. The summed E-state index contributed by atoms with van der Waals surface area (Å²) < 4.78 is 4.97. The lowest BCUT2D eigenvalue weighted by Gasteiger charge is -2.34. The van der Waals surface area contributed by atoms with Crippen LogP contribution in [-0.2, 0) is 9.53 Å². The molecule has 3 saturated heterocycles. The van der Waals surface area contributed by atoms with E-state index in [0.717, 1.165) is 12.8 Å². The molecule has 5 nitrogen and oxygen atoms in total. The van der Waals surface area contributed by atoms with Gasteiger partial charge >= 0.3 is 6.09 Å². The normalized spacial score (nSPS) is 29.7. The number of nitrogens with zero attached hydrogens (tertiary/aromatic N) is 1. The molecule has 2 bridgehead atoms. The van der Waals surface area contributed by atoms with Crippen LogP contribution in [0.25, 0.3) is 0 Å². The van der Waals surface area contributed by atoms with Crippen LogP contribution >= 0.6 is 0 Å². The molecule has 5 heteroatoms. The van der Waals surface area contributed by atoms with Gasteiger partial charge in [0.15, 0.2) is 0 Å². The number of carbonyl (C=O) groups is 2. The van der Waals surface area contributed by atoms with E-state index in [1.165, 1.54) is 0 Å². The zero-order valence-electron chi connectivity index (χ0n) is 8.86. The average Bonchev–Trinajstić information content (AvgIpc) is 2.46. The summed E-state index contributed by atoms with van der Waals surface area (Å²) in [6.45, 7) is 2.76. The molecule has 0 aromatic rings. The predicted molar refractivity (Wildman–Crippen MR) is 53.3 cm³/mol. The van der Waals surface area contributed by atoms with Gasteiger partial charge in [-0.3, -0.25) is 4.79 Å². The quantitative estimate of drug-likeness (QED) is 0.688. The molecule has 0 saturated carbocycles. The molecule has 2 atom stereocenters. The summed E-state index contributed by atoms with van der Waals surface area (Å²) in [6, 6.07) is 0.142. The minimum atomic E-state index is -0.288. The molecule has 84 valence electrons. The van der Waals surface area contributed by atoms with Gasteiger partial charge in [0, 0.05) is 25.0 Å². The largest absolute Gasteiger partial charge is 0.450 e. The van der Waals surface area contributed by atoms with E-state index in [1.54, 1.807) is 11.8 Å². The Morgan fingerprint density at radius 2 is 2.40 bits per heavy atom. The predicted octanol–water partition coefficient (Wildman–Crippen LogP) is 0.496. The molecule has 0 unspecified atom stereocenters. The fourth-order valence-corrected chi connectivity index (χ4v) is 2.29. The van der Waals surface area contributed by atoms with Crippen LogP contribution < -0.4 is 5.32 Å². The van der Waals surface area contributed by atoms with Gasteiger partial charge in [-0.25, -0.2) is 4.79 Å². The van der Waals surface area contributed by atoms with Gasteiger partial charge in [0.1, 0.15) is 0 Å². The van der Waals surface area contributed by atoms with E-state index in [0.29, 0.717) is 19.6 Å². The lowest BCUT2D eigenvalue weighted by Crippen LogP contribution is -2.49. The Kier molecular flexibility index (Phi) is 2.79. The topological polar surface area (TPSA) is 58.6 Å². The van der Waals surface area contributed by atoms with Crippen molar-refractivity contribution >= 4 is 12.0 Å². The molecular weight excluding hydrogens is 196 g/mol. The molecule has 3 aliphatic heterocycles. The van der Waals surface area contributed by atoms with Gasteiger partial charge in [-0.05, 0) is 19.8 Å². The number of hydrogen-bond acceptors (Lipinski definition) is 3. The third-order valence-corrected chi connectivity index (χ3v) is 2.99. The van der Waals surface area contributed by atoms with E-state index in [9.17, 15) is 9.59 Å². The number of piperidine rings is 1. The van der Waals surface area contributed by atoms with Gasteiger partial charge in [0.25, 0.3) is 0 Å². The molecule has 0 radical (unpaired) electrons. The maximum atomic E-state index is 11.6. The van der Waals surface area contributed by atoms with Crippen molar-refractivity contribution in [3.05, 3.63) is 0 Å². The summed E-state index contributed by atoms with van der Waals surface area (Å²) in [6.07, 6.45) is 1.98. The second-order valence-electron chi connectivity index (χ2n) is 4.05. The second kappa shape index (κ2) is 4.08. The molecular formula is C10H16N2O3. The molecule has 2 amide bonds. The van der Waals surface area contributed by atoms with Crippen molar-refractivity contribution in [2.45, 2.75) is 38.3 Å². The fourth-order valence-electron chi connectivity index (χ4n) is 2.29. The van der Waals surface area contributed by atoms with Gasteiger partial charge in [-0.2, -0.15) is 0 Å². The number of hydrogen-bond donors (Lipinski definition) is 1. The number of ether oxygens (including phenoxy) is 1. The first-order chi connectivity index (χ1) is 7.20. The first-order valence-electron chi connectivity index (χ1n) is 5.43. The summed E-state index contributed by atoms with van der Waals surface area (Å²) in [5.74, 6) is 0.0503. The van der Waals surface area contributed by atoms with Crippen molar-refractivity contribution in [2.75, 3.05) is 13.2 Å². The molecule has 0 spiro atoms. The molecule has 15 heavy (non-hydrogen) atoms. The summed E-state index contributed by atoms with van der Waals surface area (Å²) >= 11 is 0. The maximum absolute atomic E-state index is 11.6. The molecule has 3 rings (SSSR count). The molecule has 3 aliphatic rings. The van der Waals surface area contributed by atoms with Crippen molar-refractivity contribution in [1.29, 1.82) is 0 Å². The zero-order valence-corrected chi connectivity index (χ0v) is 8.86. The second-order valence-corrected chi connectivity index (χ2v) is 4.05. The van der Waals surface area contributed by atoms with Crippen LogP contribution in [0.3, 0.4) is 0 Å². The Balaban J connectivity index is 2.08. The Bertz CT molecular complexity index is 280. The van der Waals surface area contributed by atoms with Crippen molar-refractivity contribution in [1.82, 2.24) is 10.2 Å². The van der Waals surface area contributed by atoms with E-state index >= 15 is 0 Å². The van der Waals surface area contributed by atoms with Crippen molar-refractivity contribution in [3.8, 4) is 0 Å². The third kappa shape index (κ3) is 2.06. The van der Waals surface area contributed by atoms with Gasteiger partial charge in [-0.1, -0.05) is 0 Å². The lowest BCUT2D eigenvalue weighted by molar-refractivity contribution is -0.121. The Hall–Kier alpha value is -1.26. The van der Waals surface area contributed by atoms with E-state index in [1.807, 2.05) is 0 Å². The SMILES string of the molecule is CCOC(=O)N1C[C@@H]2CC[C@H]1CC(=O)N2. The number of amides is 2. The zero-order chi connectivity index (χ0) is 10.8. The monoisotopic (exact) mass is 212 g/mol. The summed E-state index contributed by atoms with van der Waals surface area (Å²) in [5.41, 5.74) is 0. The minimum Gasteiger partial charge on any atom is -0.450 e. The van der Waals surface area contributed by atoms with Gasteiger partial charge < -0.3 is 15.0 Å². The number of carbonyl (C=O) groups excluding carboxylic acids is 2. The van der Waals surface area contributed by atoms with Crippen LogP contribution in [0.2, 0.25) is 0 Å². The Morgan fingerprint density at radius 3 is 3.13 bits per heavy atom. The summed E-state index contributed by atoms with van der Waals surface area (Å²) in [7, 11) is 0. The van der Waals surface area contributed by atoms with E-state index in [2.05, 4.69) is 5.32 Å². The van der Waals surface area contributed by atoms with Gasteiger partial charge in [0.2, 0.25) is 5.91 Å². The maximum Gasteiger partial charge on any atom is 0.410 e. The molecule has 0 aromatic carbocycles. The average molecular weight is 212 g/mol. The first kappa shape index (κ1) is 10.3. The standard InChI is InChI=1S/C10H16N2O3/c1-2-15-10(14)12-6-7-3-4-8(12)5-9(13)11-7/h7-8H,2-6H2,1H3,(H,11,13)/t7-,8-/m0/s1. The molecule has 3 heterocycles. The van der Waals surface area contributed by atoms with Crippen molar-refractivity contribution in [2.24, 2.45) is 0 Å². The molecule has 0 aliphatic carbocycles. The summed E-state index contributed by atoms with van der Waals surface area (Å²) in [5, 5.41) is 2.91. The highest BCUT2D eigenvalue weighted by atomic mass is 16.6. The first-order valence-corrected chi connectivity index (χ1v) is 5.43. The smallest absolute Gasteiger partial charge is 0.410 e. The third-order valence-electron chi connectivity index (χ3n) is 2.99. The van der Waals surface area contributed by atoms with E-state index in [4.69, 9.17) is 4.74 Å². The highest BCUT2D eigenvalue weighted by Gasteiger charge is 2.37. The van der Waals surface area contributed by atoms with Crippen LogP contribution in [0.5, 0.6) is 0 Å². The van der Waals surface area contributed by atoms with Crippen LogP contribution in [0.1, 0.15) is 26.2 Å². The number of nitrogens with one attached hydrogen (secondary N) is 1. The van der Waals surface area contributed by atoms with Crippen LogP contribution in [-0.4, -0.2) is 42.1 Å². The van der Waals surface area contributed by atoms with Crippen LogP contribution in [0.15, 0.2) is 0 Å². The molecule has 0 aromatic heterocycles. The Morgan fingerprint density at radius 1 is 1.60 bits per heavy atom. The highest BCUT2D eigenvalue weighted by molar-refractivity contribution is 5.79. The van der Waals surface area contributed by atoms with Gasteiger partial charge in [-0.15, -0.1) is 0 Å².